The molecule has 90 valence electrons. The molecule has 1 aromatic carbocycles. The molecule has 1 heterocycles. The Labute approximate surface area is 96.5 Å². The summed E-state index contributed by atoms with van der Waals surface area (Å²) in [5.74, 6) is -1.25. The fourth-order valence-corrected chi connectivity index (χ4v) is 1.43. The molecule has 0 saturated heterocycles. The van der Waals surface area contributed by atoms with Gasteiger partial charge in [-0.25, -0.2) is 13.5 Å². The molecule has 0 aliphatic rings. The van der Waals surface area contributed by atoms with Crippen molar-refractivity contribution in [3.05, 3.63) is 47.3 Å². The van der Waals surface area contributed by atoms with Crippen LogP contribution in [0.4, 0.5) is 8.78 Å². The maximum Gasteiger partial charge on any atom is 0.131 e. The third kappa shape index (κ3) is 2.47. The van der Waals surface area contributed by atoms with Crippen molar-refractivity contribution in [2.24, 2.45) is 0 Å². The third-order valence-electron chi connectivity index (χ3n) is 2.37. The van der Waals surface area contributed by atoms with E-state index in [1.807, 2.05) is 0 Å². The van der Waals surface area contributed by atoms with Gasteiger partial charge in [-0.2, -0.15) is 0 Å². The summed E-state index contributed by atoms with van der Waals surface area (Å²) in [4.78, 5) is 0. The number of hydrogen-bond donors (Lipinski definition) is 1. The molecule has 0 aliphatic carbocycles. The van der Waals surface area contributed by atoms with E-state index >= 15 is 0 Å². The highest BCUT2D eigenvalue weighted by Crippen LogP contribution is 2.14. The molecular formula is C11H11F2N3O. The molecule has 2 aromatic rings. The molecule has 0 saturated carbocycles. The zero-order chi connectivity index (χ0) is 12.4. The maximum absolute atomic E-state index is 13.4. The molecule has 0 amide bonds. The summed E-state index contributed by atoms with van der Waals surface area (Å²) in [6, 6.07) is 3.67. The van der Waals surface area contributed by atoms with Gasteiger partial charge in [0, 0.05) is 5.56 Å². The minimum Gasteiger partial charge on any atom is -0.387 e. The van der Waals surface area contributed by atoms with Gasteiger partial charge in [-0.15, -0.1) is 5.10 Å². The Morgan fingerprint density at radius 3 is 2.53 bits per heavy atom. The first kappa shape index (κ1) is 11.7. The van der Waals surface area contributed by atoms with Crippen molar-refractivity contribution >= 4 is 0 Å². The molecule has 2 rings (SSSR count). The fraction of sp³-hybridized carbons (Fsp3) is 0.273. The highest BCUT2D eigenvalue weighted by molar-refractivity contribution is 5.19. The Hall–Kier alpha value is -1.82. The number of aromatic nitrogens is 3. The Balaban J connectivity index is 2.25. The monoisotopic (exact) mass is 239 g/mol. The predicted molar refractivity (Wildman–Crippen MR) is 56.1 cm³/mol. The van der Waals surface area contributed by atoms with Gasteiger partial charge in [-0.1, -0.05) is 11.3 Å². The summed E-state index contributed by atoms with van der Waals surface area (Å²) >= 11 is 0. The van der Waals surface area contributed by atoms with E-state index in [9.17, 15) is 13.9 Å². The minimum atomic E-state index is -0.755. The van der Waals surface area contributed by atoms with Crippen LogP contribution in [0.3, 0.4) is 0 Å². The molecule has 0 fully saturated rings. The van der Waals surface area contributed by atoms with Crippen LogP contribution in [0.15, 0.2) is 24.4 Å². The Morgan fingerprint density at radius 2 is 2.00 bits per heavy atom. The Kier molecular flexibility index (Phi) is 3.14. The molecule has 4 nitrogen and oxygen atoms in total. The van der Waals surface area contributed by atoms with Crippen LogP contribution in [0.1, 0.15) is 24.3 Å². The highest BCUT2D eigenvalue weighted by Gasteiger charge is 2.11. The van der Waals surface area contributed by atoms with E-state index in [0.29, 0.717) is 5.69 Å². The molecular weight excluding hydrogens is 228 g/mol. The van der Waals surface area contributed by atoms with Crippen LogP contribution in [0.5, 0.6) is 0 Å². The number of rotatable bonds is 3. The smallest absolute Gasteiger partial charge is 0.131 e. The zero-order valence-electron chi connectivity index (χ0n) is 9.14. The third-order valence-corrected chi connectivity index (χ3v) is 2.37. The van der Waals surface area contributed by atoms with Gasteiger partial charge in [0.2, 0.25) is 0 Å². The average Bonchev–Trinajstić information content (AvgIpc) is 2.72. The number of halogens is 2. The van der Waals surface area contributed by atoms with Crippen molar-refractivity contribution in [3.63, 3.8) is 0 Å². The second-order valence-electron chi connectivity index (χ2n) is 3.72. The second-order valence-corrected chi connectivity index (χ2v) is 3.72. The largest absolute Gasteiger partial charge is 0.387 e. The molecule has 1 unspecified atom stereocenters. The van der Waals surface area contributed by atoms with Gasteiger partial charge in [0.15, 0.2) is 0 Å². The molecule has 0 spiro atoms. The number of benzene rings is 1. The van der Waals surface area contributed by atoms with E-state index in [0.717, 1.165) is 0 Å². The van der Waals surface area contributed by atoms with Crippen LogP contribution in [0.2, 0.25) is 0 Å². The summed E-state index contributed by atoms with van der Waals surface area (Å²) < 4.78 is 28.0. The summed E-state index contributed by atoms with van der Waals surface area (Å²) in [6.07, 6.45) is 0.700. The number of nitrogens with zero attached hydrogens (tertiary/aromatic N) is 3. The van der Waals surface area contributed by atoms with E-state index in [1.54, 1.807) is 0 Å². The van der Waals surface area contributed by atoms with Crippen molar-refractivity contribution in [2.75, 3.05) is 0 Å². The molecule has 0 aliphatic heterocycles. The quantitative estimate of drug-likeness (QED) is 0.886. The maximum atomic E-state index is 13.4. The standard InChI is InChI=1S/C11H11F2N3O/c1-7(17)11-6-16(15-14-11)5-8-9(12)3-2-4-10(8)13/h2-4,6-7,17H,5H2,1H3. The van der Waals surface area contributed by atoms with Crippen LogP contribution >= 0.6 is 0 Å². The first-order valence-electron chi connectivity index (χ1n) is 5.09. The Morgan fingerprint density at radius 1 is 1.35 bits per heavy atom. The highest BCUT2D eigenvalue weighted by atomic mass is 19.1. The number of aliphatic hydroxyl groups is 1. The van der Waals surface area contributed by atoms with Crippen LogP contribution in [-0.2, 0) is 6.54 Å². The van der Waals surface area contributed by atoms with Crippen molar-refractivity contribution in [2.45, 2.75) is 19.6 Å². The first-order valence-corrected chi connectivity index (χ1v) is 5.09. The summed E-state index contributed by atoms with van der Waals surface area (Å²) in [5.41, 5.74) is 0.288. The van der Waals surface area contributed by atoms with Gasteiger partial charge in [0.05, 0.1) is 18.8 Å². The minimum absolute atomic E-state index is 0.0573. The number of aliphatic hydroxyl groups excluding tert-OH is 1. The van der Waals surface area contributed by atoms with Crippen molar-refractivity contribution in [3.8, 4) is 0 Å². The van der Waals surface area contributed by atoms with E-state index in [2.05, 4.69) is 10.3 Å². The first-order chi connectivity index (χ1) is 8.08. The predicted octanol–water partition coefficient (Wildman–Crippen LogP) is 1.66. The molecule has 0 radical (unpaired) electrons. The fourth-order valence-electron chi connectivity index (χ4n) is 1.43. The van der Waals surface area contributed by atoms with Crippen molar-refractivity contribution in [1.29, 1.82) is 0 Å². The van der Waals surface area contributed by atoms with Crippen LogP contribution in [-0.4, -0.2) is 20.1 Å². The van der Waals surface area contributed by atoms with E-state index in [1.165, 1.54) is 36.0 Å². The average molecular weight is 239 g/mol. The lowest BCUT2D eigenvalue weighted by Crippen LogP contribution is -2.05. The number of hydrogen-bond acceptors (Lipinski definition) is 3. The van der Waals surface area contributed by atoms with Crippen LogP contribution < -0.4 is 0 Å². The van der Waals surface area contributed by atoms with Crippen LogP contribution in [0.25, 0.3) is 0 Å². The van der Waals surface area contributed by atoms with E-state index in [-0.39, 0.29) is 12.1 Å². The van der Waals surface area contributed by atoms with Gasteiger partial charge in [-0.3, -0.25) is 0 Å². The van der Waals surface area contributed by atoms with E-state index in [4.69, 9.17) is 0 Å². The van der Waals surface area contributed by atoms with Gasteiger partial charge in [-0.05, 0) is 19.1 Å². The van der Waals surface area contributed by atoms with Gasteiger partial charge in [0.1, 0.15) is 17.3 Å². The van der Waals surface area contributed by atoms with Gasteiger partial charge >= 0.3 is 0 Å². The van der Waals surface area contributed by atoms with Gasteiger partial charge < -0.3 is 5.11 Å². The molecule has 1 aromatic heterocycles. The molecule has 1 atom stereocenters. The van der Waals surface area contributed by atoms with E-state index < -0.39 is 17.7 Å². The lowest BCUT2D eigenvalue weighted by Gasteiger charge is -2.04. The topological polar surface area (TPSA) is 50.9 Å². The van der Waals surface area contributed by atoms with Crippen molar-refractivity contribution in [1.82, 2.24) is 15.0 Å². The summed E-state index contributed by atoms with van der Waals surface area (Å²) in [7, 11) is 0. The molecule has 17 heavy (non-hydrogen) atoms. The summed E-state index contributed by atoms with van der Waals surface area (Å²) in [6.45, 7) is 1.48. The molecule has 6 heteroatoms. The normalized spacial score (nSPS) is 12.7. The van der Waals surface area contributed by atoms with Gasteiger partial charge in [0.25, 0.3) is 0 Å². The SMILES string of the molecule is CC(O)c1cn(Cc2c(F)cccc2F)nn1. The molecule has 1 N–H and O–H groups in total. The lowest BCUT2D eigenvalue weighted by atomic mass is 10.2. The second kappa shape index (κ2) is 4.58. The molecule has 0 bridgehead atoms. The van der Waals surface area contributed by atoms with Crippen molar-refractivity contribution < 1.29 is 13.9 Å². The lowest BCUT2D eigenvalue weighted by molar-refractivity contribution is 0.194. The summed E-state index contributed by atoms with van der Waals surface area (Å²) in [5, 5.41) is 16.6. The Bertz CT molecular complexity index is 505. The van der Waals surface area contributed by atoms with Crippen LogP contribution in [0, 0.1) is 11.6 Å². The zero-order valence-corrected chi connectivity index (χ0v) is 9.14.